The Balaban J connectivity index is 2.62. The van der Waals surface area contributed by atoms with Crippen molar-refractivity contribution in [1.82, 2.24) is 0 Å². The fraction of sp³-hybridized carbons (Fsp3) is 0. The molecule has 5 heavy (non-hydrogen) atoms. The lowest BCUT2D eigenvalue weighted by Gasteiger charge is -1.60. The van der Waals surface area contributed by atoms with Crippen LogP contribution in [-0.4, -0.2) is 14.6 Å². The molecule has 1 N–H and O–H groups in total. The fourth-order valence-electron chi connectivity index (χ4n) is 0.0282. The lowest BCUT2D eigenvalue weighted by molar-refractivity contribution is 0.614. The van der Waals surface area contributed by atoms with E-state index in [-0.39, 0.29) is 9.76 Å². The van der Waals surface area contributed by atoms with E-state index in [4.69, 9.17) is 16.4 Å². The van der Waals surface area contributed by atoms with Crippen LogP contribution in [-0.2, 0) is 0 Å². The Kier molecular flexibility index (Phi) is 4.38. The third-order valence-corrected chi connectivity index (χ3v) is 0.791. The molecule has 0 aliphatic heterocycles. The first kappa shape index (κ1) is 5.21. The second kappa shape index (κ2) is 4.21. The summed E-state index contributed by atoms with van der Waals surface area (Å²) in [4.78, 5) is 7.92. The van der Waals surface area contributed by atoms with Gasteiger partial charge in [0.15, 0.2) is 0 Å². The number of rotatable bonds is 1. The molecule has 0 amide bonds. The van der Waals surface area contributed by atoms with Gasteiger partial charge in [0.2, 0.25) is 0 Å². The van der Waals surface area contributed by atoms with Crippen LogP contribution >= 0.6 is 11.6 Å². The van der Waals surface area contributed by atoms with Crippen molar-refractivity contribution in [3.8, 4) is 0 Å². The molecular weight excluding hydrogens is 104 g/mol. The maximum absolute atomic E-state index is 7.92. The largest absolute Gasteiger partial charge is 0.428 e. The topological polar surface area (TPSA) is 20.2 Å². The first-order valence-electron chi connectivity index (χ1n) is 1.06. The zero-order valence-corrected chi connectivity index (χ0v) is 4.24. The Bertz CT molecular complexity index is 36.6. The molecule has 0 unspecified atom stereocenters. The lowest BCUT2D eigenvalue weighted by Crippen LogP contribution is -1.73. The molecule has 1 nitrogen and oxygen atoms in total. The van der Waals surface area contributed by atoms with Gasteiger partial charge in [-0.15, -0.1) is 0 Å². The molecule has 0 aromatic rings. The van der Waals surface area contributed by atoms with Gasteiger partial charge >= 0.3 is 0 Å². The van der Waals surface area contributed by atoms with Gasteiger partial charge in [0.1, 0.15) is 0 Å². The van der Waals surface area contributed by atoms with Gasteiger partial charge in [-0.1, -0.05) is 17.3 Å². The van der Waals surface area contributed by atoms with E-state index in [0.29, 0.717) is 0 Å². The Morgan fingerprint density at radius 3 is 2.40 bits per heavy atom. The van der Waals surface area contributed by atoms with Crippen LogP contribution < -0.4 is 0 Å². The van der Waals surface area contributed by atoms with Crippen molar-refractivity contribution >= 4 is 21.4 Å². The van der Waals surface area contributed by atoms with Gasteiger partial charge in [0.05, 0.1) is 0 Å². The molecule has 0 aliphatic carbocycles. The molecule has 0 aliphatic rings. The molecular formula is C2H3ClOSi. The third kappa shape index (κ3) is 4.21. The van der Waals surface area contributed by atoms with E-state index in [0.717, 1.165) is 0 Å². The van der Waals surface area contributed by atoms with E-state index in [2.05, 4.69) is 0 Å². The first-order chi connectivity index (χ1) is 2.41. The summed E-state index contributed by atoms with van der Waals surface area (Å²) in [6.07, 6.45) is 0. The van der Waals surface area contributed by atoms with Crippen LogP contribution in [0.3, 0.4) is 0 Å². The van der Waals surface area contributed by atoms with Crippen LogP contribution in [0.15, 0.2) is 11.2 Å². The highest BCUT2D eigenvalue weighted by Gasteiger charge is 1.61. The molecule has 28 valence electrons. The first-order valence-corrected chi connectivity index (χ1v) is 2.52. The lowest BCUT2D eigenvalue weighted by atomic mass is 11.3. The summed E-state index contributed by atoms with van der Waals surface area (Å²) >= 11 is 4.97. The molecule has 0 spiro atoms. The number of hydrogen-bond acceptors (Lipinski definition) is 1. The second-order valence-electron chi connectivity index (χ2n) is 0.422. The third-order valence-electron chi connectivity index (χ3n) is 0.138. The maximum atomic E-state index is 7.92. The Labute approximate surface area is 38.2 Å². The van der Waals surface area contributed by atoms with Crippen molar-refractivity contribution in [1.29, 1.82) is 0 Å². The fourth-order valence-corrected chi connectivity index (χ4v) is 0.254. The van der Waals surface area contributed by atoms with Crippen molar-refractivity contribution in [3.63, 3.8) is 0 Å². The van der Waals surface area contributed by atoms with Crippen LogP contribution in [0.1, 0.15) is 0 Å². The standard InChI is InChI=1S/C2H3ClOSi/c3-1-2-5-4/h1-2,4H/b2-1+. The molecule has 0 saturated heterocycles. The van der Waals surface area contributed by atoms with E-state index in [1.54, 1.807) is 0 Å². The molecule has 0 aromatic carbocycles. The number of hydrogen-bond donors (Lipinski definition) is 1. The molecule has 0 fully saturated rings. The van der Waals surface area contributed by atoms with Gasteiger partial charge in [0, 0.05) is 0 Å². The van der Waals surface area contributed by atoms with Crippen LogP contribution in [0.2, 0.25) is 0 Å². The van der Waals surface area contributed by atoms with E-state index >= 15 is 0 Å². The van der Waals surface area contributed by atoms with Crippen LogP contribution in [0.25, 0.3) is 0 Å². The molecule has 3 heteroatoms. The van der Waals surface area contributed by atoms with Crippen LogP contribution in [0.4, 0.5) is 0 Å². The van der Waals surface area contributed by atoms with Crippen molar-refractivity contribution in [2.24, 2.45) is 0 Å². The Morgan fingerprint density at radius 2 is 2.40 bits per heavy atom. The quantitative estimate of drug-likeness (QED) is 0.477. The van der Waals surface area contributed by atoms with Crippen molar-refractivity contribution in [2.75, 3.05) is 0 Å². The molecule has 0 bridgehead atoms. The second-order valence-corrected chi connectivity index (χ2v) is 1.27. The van der Waals surface area contributed by atoms with Crippen molar-refractivity contribution < 1.29 is 4.80 Å². The summed E-state index contributed by atoms with van der Waals surface area (Å²) in [5.41, 5.74) is 2.76. The predicted molar refractivity (Wildman–Crippen MR) is 23.0 cm³/mol. The van der Waals surface area contributed by atoms with E-state index in [9.17, 15) is 0 Å². The van der Waals surface area contributed by atoms with Gasteiger partial charge in [-0.25, -0.2) is 0 Å². The Hall–Kier alpha value is 0.207. The molecule has 0 rings (SSSR count). The van der Waals surface area contributed by atoms with Crippen molar-refractivity contribution in [3.05, 3.63) is 11.2 Å². The highest BCUT2D eigenvalue weighted by atomic mass is 35.5. The summed E-state index contributed by atoms with van der Waals surface area (Å²) in [6, 6.07) is 0. The monoisotopic (exact) mass is 106 g/mol. The van der Waals surface area contributed by atoms with Gasteiger partial charge in [-0.2, -0.15) is 0 Å². The highest BCUT2D eigenvalue weighted by molar-refractivity contribution is 6.37. The molecule has 0 aromatic heterocycles. The van der Waals surface area contributed by atoms with Crippen LogP contribution in [0.5, 0.6) is 0 Å². The summed E-state index contributed by atoms with van der Waals surface area (Å²) in [5, 5.41) is 0. The molecule has 0 atom stereocenters. The summed E-state index contributed by atoms with van der Waals surface area (Å²) < 4.78 is 0. The molecule has 2 radical (unpaired) electrons. The summed E-state index contributed by atoms with van der Waals surface area (Å²) in [7, 11) is -0.155. The average molecular weight is 107 g/mol. The smallest absolute Gasteiger partial charge is 0.258 e. The zero-order chi connectivity index (χ0) is 4.12. The minimum Gasteiger partial charge on any atom is -0.428 e. The van der Waals surface area contributed by atoms with Crippen molar-refractivity contribution in [2.45, 2.75) is 0 Å². The maximum Gasteiger partial charge on any atom is 0.258 e. The summed E-state index contributed by atoms with van der Waals surface area (Å²) in [5.74, 6) is 0. The predicted octanol–water partition coefficient (Wildman–Crippen LogP) is 0.308. The minimum atomic E-state index is -0.155. The van der Waals surface area contributed by atoms with Gasteiger partial charge in [-0.3, -0.25) is 0 Å². The summed E-state index contributed by atoms with van der Waals surface area (Å²) in [6.45, 7) is 0. The average Bonchev–Trinajstić information content (AvgIpc) is 1.41. The molecule has 0 heterocycles. The van der Waals surface area contributed by atoms with Gasteiger partial charge < -0.3 is 4.80 Å². The van der Waals surface area contributed by atoms with Gasteiger partial charge in [0.25, 0.3) is 9.76 Å². The minimum absolute atomic E-state index is 0.155. The number of halogens is 1. The molecule has 0 saturated carbocycles. The van der Waals surface area contributed by atoms with E-state index in [1.807, 2.05) is 0 Å². The van der Waals surface area contributed by atoms with Gasteiger partial charge in [-0.05, 0) is 5.54 Å². The van der Waals surface area contributed by atoms with E-state index < -0.39 is 0 Å². The highest BCUT2D eigenvalue weighted by Crippen LogP contribution is 1.70. The van der Waals surface area contributed by atoms with E-state index in [1.165, 1.54) is 11.2 Å². The normalized spacial score (nSPS) is 10.0. The zero-order valence-electron chi connectivity index (χ0n) is 2.48. The Morgan fingerprint density at radius 1 is 1.80 bits per heavy atom. The SMILES string of the molecule is O[Si]/C=C/Cl. The van der Waals surface area contributed by atoms with Crippen LogP contribution in [0, 0.1) is 0 Å².